The van der Waals surface area contributed by atoms with Crippen LogP contribution in [0.1, 0.15) is 0 Å². The van der Waals surface area contributed by atoms with Crippen molar-refractivity contribution in [3.05, 3.63) is 176 Å². The fourth-order valence-electron chi connectivity index (χ4n) is 6.90. The predicted octanol–water partition coefficient (Wildman–Crippen LogP) is 13.2. The molecule has 216 valence electrons. The molecule has 9 rings (SSSR count). The van der Waals surface area contributed by atoms with E-state index in [-0.39, 0.29) is 0 Å². The lowest BCUT2D eigenvalue weighted by molar-refractivity contribution is 1.31. The summed E-state index contributed by atoms with van der Waals surface area (Å²) in [6.45, 7) is 0. The van der Waals surface area contributed by atoms with Crippen molar-refractivity contribution in [2.75, 3.05) is 4.90 Å². The van der Waals surface area contributed by atoms with Gasteiger partial charge in [-0.05, 0) is 63.2 Å². The summed E-state index contributed by atoms with van der Waals surface area (Å²) in [6, 6.07) is 63.9. The maximum atomic E-state index is 2.50. The van der Waals surface area contributed by atoms with E-state index in [0.717, 1.165) is 11.4 Å². The molecule has 0 spiro atoms. The Labute approximate surface area is 272 Å². The first-order valence-electron chi connectivity index (χ1n) is 15.7. The molecule has 0 saturated heterocycles. The maximum Gasteiger partial charge on any atom is 0.0639 e. The van der Waals surface area contributed by atoms with Gasteiger partial charge in [-0.2, -0.15) is 0 Å². The van der Waals surface area contributed by atoms with Gasteiger partial charge < -0.3 is 4.90 Å². The summed E-state index contributed by atoms with van der Waals surface area (Å²) in [6.07, 6.45) is 0. The van der Waals surface area contributed by atoms with Gasteiger partial charge >= 0.3 is 0 Å². The van der Waals surface area contributed by atoms with Crippen molar-refractivity contribution in [3.63, 3.8) is 0 Å². The van der Waals surface area contributed by atoms with Gasteiger partial charge in [-0.3, -0.25) is 0 Å². The fourth-order valence-corrected chi connectivity index (χ4v) is 8.14. The molecule has 0 bridgehead atoms. The van der Waals surface area contributed by atoms with Gasteiger partial charge in [-0.15, -0.1) is 11.3 Å². The van der Waals surface area contributed by atoms with Crippen molar-refractivity contribution < 1.29 is 0 Å². The van der Waals surface area contributed by atoms with E-state index < -0.39 is 0 Å². The number of rotatable bonds is 5. The van der Waals surface area contributed by atoms with Crippen LogP contribution in [0.2, 0.25) is 0 Å². The normalized spacial score (nSPS) is 11.5. The first-order chi connectivity index (χ1) is 22.8. The molecule has 0 atom stereocenters. The van der Waals surface area contributed by atoms with E-state index in [4.69, 9.17) is 0 Å². The number of anilines is 3. The van der Waals surface area contributed by atoms with Crippen molar-refractivity contribution in [2.24, 2.45) is 0 Å². The molecule has 0 aliphatic rings. The molecule has 0 amide bonds. The summed E-state index contributed by atoms with van der Waals surface area (Å²) < 4.78 is 2.62. The van der Waals surface area contributed by atoms with Crippen molar-refractivity contribution in [3.8, 4) is 22.3 Å². The second-order valence-corrected chi connectivity index (χ2v) is 12.8. The average molecular weight is 604 g/mol. The molecule has 0 aliphatic heterocycles. The summed E-state index contributed by atoms with van der Waals surface area (Å²) in [7, 11) is 0. The van der Waals surface area contributed by atoms with Crippen molar-refractivity contribution in [1.82, 2.24) is 0 Å². The number of hydrogen-bond donors (Lipinski definition) is 0. The Morgan fingerprint density at radius 1 is 0.391 bits per heavy atom. The van der Waals surface area contributed by atoms with Crippen LogP contribution in [-0.4, -0.2) is 0 Å². The molecule has 1 aromatic heterocycles. The third-order valence-corrected chi connectivity index (χ3v) is 10.2. The minimum Gasteiger partial charge on any atom is -0.309 e. The number of hydrogen-bond acceptors (Lipinski definition) is 2. The van der Waals surface area contributed by atoms with Crippen LogP contribution in [0, 0.1) is 0 Å². The highest BCUT2D eigenvalue weighted by molar-refractivity contribution is 7.26. The number of nitrogens with zero attached hydrogens (tertiary/aromatic N) is 1. The molecule has 0 saturated carbocycles. The van der Waals surface area contributed by atoms with Gasteiger partial charge in [-0.25, -0.2) is 0 Å². The zero-order valence-electron chi connectivity index (χ0n) is 25.1. The van der Waals surface area contributed by atoms with Crippen LogP contribution in [0.15, 0.2) is 176 Å². The second-order valence-electron chi connectivity index (χ2n) is 11.7. The third kappa shape index (κ3) is 4.38. The molecule has 8 aromatic carbocycles. The lowest BCUT2D eigenvalue weighted by Crippen LogP contribution is -2.12. The maximum absolute atomic E-state index is 2.50. The second kappa shape index (κ2) is 11.0. The minimum absolute atomic E-state index is 1.12. The van der Waals surface area contributed by atoms with E-state index in [9.17, 15) is 0 Å². The number of fused-ring (bicyclic) bond motifs is 6. The van der Waals surface area contributed by atoms with Gasteiger partial charge in [0.15, 0.2) is 0 Å². The molecule has 0 unspecified atom stereocenters. The van der Waals surface area contributed by atoms with E-state index in [2.05, 4.69) is 181 Å². The van der Waals surface area contributed by atoms with Crippen molar-refractivity contribution >= 4 is 70.1 Å². The predicted molar refractivity (Wildman–Crippen MR) is 200 cm³/mol. The van der Waals surface area contributed by atoms with Gasteiger partial charge in [0.1, 0.15) is 0 Å². The lowest BCUT2D eigenvalue weighted by Gasteiger charge is -2.30. The van der Waals surface area contributed by atoms with Crippen LogP contribution >= 0.6 is 11.3 Å². The van der Waals surface area contributed by atoms with Crippen LogP contribution in [0.4, 0.5) is 17.1 Å². The largest absolute Gasteiger partial charge is 0.309 e. The zero-order valence-corrected chi connectivity index (χ0v) is 25.9. The Kier molecular flexibility index (Phi) is 6.40. The Bertz CT molecular complexity index is 2510. The van der Waals surface area contributed by atoms with Crippen molar-refractivity contribution in [1.29, 1.82) is 0 Å². The monoisotopic (exact) mass is 603 g/mol. The molecule has 1 heterocycles. The molecule has 46 heavy (non-hydrogen) atoms. The third-order valence-electron chi connectivity index (χ3n) is 9.02. The van der Waals surface area contributed by atoms with Crippen LogP contribution < -0.4 is 4.90 Å². The molecule has 2 heteroatoms. The first kappa shape index (κ1) is 26.7. The molecule has 0 aliphatic carbocycles. The number of benzene rings is 8. The quantitative estimate of drug-likeness (QED) is 0.189. The Balaban J connectivity index is 1.43. The van der Waals surface area contributed by atoms with E-state index in [1.54, 1.807) is 0 Å². The molecule has 1 nitrogen and oxygen atoms in total. The zero-order chi connectivity index (χ0) is 30.5. The highest BCUT2D eigenvalue weighted by Crippen LogP contribution is 2.53. The summed E-state index contributed by atoms with van der Waals surface area (Å²) in [5.74, 6) is 0. The van der Waals surface area contributed by atoms with E-state index in [0.29, 0.717) is 0 Å². The summed E-state index contributed by atoms with van der Waals surface area (Å²) >= 11 is 1.89. The Morgan fingerprint density at radius 2 is 0.957 bits per heavy atom. The van der Waals surface area contributed by atoms with Gasteiger partial charge in [-0.1, -0.05) is 146 Å². The number of thiophene rings is 1. The topological polar surface area (TPSA) is 3.24 Å². The van der Waals surface area contributed by atoms with Gasteiger partial charge in [0.25, 0.3) is 0 Å². The average Bonchev–Trinajstić information content (AvgIpc) is 3.53. The smallest absolute Gasteiger partial charge is 0.0639 e. The van der Waals surface area contributed by atoms with Crippen LogP contribution in [-0.2, 0) is 0 Å². The highest BCUT2D eigenvalue weighted by atomic mass is 32.1. The summed E-state index contributed by atoms with van der Waals surface area (Å²) in [5.41, 5.74) is 8.34. The highest BCUT2D eigenvalue weighted by Gasteiger charge is 2.26. The van der Waals surface area contributed by atoms with Crippen LogP contribution in [0.5, 0.6) is 0 Å². The molecular formula is C44H29NS. The fraction of sp³-hybridized carbons (Fsp3) is 0. The summed E-state index contributed by atoms with van der Waals surface area (Å²) in [5, 5.41) is 7.58. The Morgan fingerprint density at radius 3 is 1.72 bits per heavy atom. The lowest BCUT2D eigenvalue weighted by atomic mass is 9.91. The molecular weight excluding hydrogens is 575 g/mol. The van der Waals surface area contributed by atoms with Crippen molar-refractivity contribution in [2.45, 2.75) is 0 Å². The minimum atomic E-state index is 1.12. The van der Waals surface area contributed by atoms with Gasteiger partial charge in [0.2, 0.25) is 0 Å². The van der Waals surface area contributed by atoms with Gasteiger partial charge in [0, 0.05) is 42.5 Å². The van der Waals surface area contributed by atoms with Gasteiger partial charge in [0.05, 0.1) is 5.69 Å². The summed E-state index contributed by atoms with van der Waals surface area (Å²) in [4.78, 5) is 2.50. The molecule has 0 fully saturated rings. The Hall–Kier alpha value is -5.70. The SMILES string of the molecule is c1ccc(-c2ccc(N(c3ccc4ccccc4c3)c3c(-c4ccccc4)c4ccccc4c4sc5ccccc5c34)cc2)cc1. The van der Waals surface area contributed by atoms with Crippen LogP contribution in [0.25, 0.3) is 64.0 Å². The van der Waals surface area contributed by atoms with Crippen LogP contribution in [0.3, 0.4) is 0 Å². The molecule has 0 N–H and O–H groups in total. The molecule has 9 aromatic rings. The van der Waals surface area contributed by atoms with E-state index >= 15 is 0 Å². The van der Waals surface area contributed by atoms with E-state index in [1.165, 1.54) is 69.7 Å². The molecule has 0 radical (unpaired) electrons. The standard InChI is InChI=1S/C44H29NS/c1-3-13-30(14-4-1)32-23-26-35(27-24-32)45(36-28-25-31-15-7-8-18-34(31)29-36)43-41(33-16-5-2-6-17-33)37-19-9-10-20-38(37)44-42(43)39-21-11-12-22-40(39)46-44/h1-29H. The first-order valence-corrected chi connectivity index (χ1v) is 16.5. The van der Waals surface area contributed by atoms with E-state index in [1.807, 2.05) is 11.3 Å².